The summed E-state index contributed by atoms with van der Waals surface area (Å²) < 4.78 is 21.6. The standard InChI is InChI=1S/C20H27NO6/c1-24-15-5-4-6-16(17(15)25-2)27-14-9-7-13(8-10-14)21-18(22)20(11-12-20)19(23)26-3/h4-6,13-14H,7-12H2,1-3H3,(H,21,22). The fourth-order valence-electron chi connectivity index (χ4n) is 3.62. The van der Waals surface area contributed by atoms with E-state index < -0.39 is 11.4 Å². The molecular weight excluding hydrogens is 350 g/mol. The van der Waals surface area contributed by atoms with Crippen LogP contribution in [-0.4, -0.2) is 45.4 Å². The number of hydrogen-bond donors (Lipinski definition) is 1. The van der Waals surface area contributed by atoms with E-state index in [1.807, 2.05) is 18.2 Å². The van der Waals surface area contributed by atoms with Crippen molar-refractivity contribution in [3.05, 3.63) is 18.2 Å². The van der Waals surface area contributed by atoms with E-state index in [-0.39, 0.29) is 18.1 Å². The van der Waals surface area contributed by atoms with Gasteiger partial charge < -0.3 is 24.3 Å². The number of ether oxygens (including phenoxy) is 4. The topological polar surface area (TPSA) is 83.1 Å². The molecule has 0 atom stereocenters. The average molecular weight is 377 g/mol. The molecule has 148 valence electrons. The fourth-order valence-corrected chi connectivity index (χ4v) is 3.62. The minimum absolute atomic E-state index is 0.0506. The van der Waals surface area contributed by atoms with Gasteiger partial charge in [0, 0.05) is 6.04 Å². The average Bonchev–Trinajstić information content (AvgIpc) is 3.50. The predicted octanol–water partition coefficient (Wildman–Crippen LogP) is 2.46. The minimum Gasteiger partial charge on any atom is -0.493 e. The van der Waals surface area contributed by atoms with Crippen LogP contribution in [0.2, 0.25) is 0 Å². The summed E-state index contributed by atoms with van der Waals surface area (Å²) in [4.78, 5) is 24.3. The lowest BCUT2D eigenvalue weighted by atomic mass is 9.92. The van der Waals surface area contributed by atoms with Crippen molar-refractivity contribution < 1.29 is 28.5 Å². The molecule has 27 heavy (non-hydrogen) atoms. The van der Waals surface area contributed by atoms with Crippen molar-refractivity contribution in [2.24, 2.45) is 5.41 Å². The van der Waals surface area contributed by atoms with Crippen LogP contribution in [-0.2, 0) is 14.3 Å². The van der Waals surface area contributed by atoms with Crippen LogP contribution in [0.15, 0.2) is 18.2 Å². The van der Waals surface area contributed by atoms with E-state index in [2.05, 4.69) is 5.32 Å². The Morgan fingerprint density at radius 1 is 1.00 bits per heavy atom. The lowest BCUT2D eigenvalue weighted by Gasteiger charge is -2.30. The molecule has 0 unspecified atom stereocenters. The number of para-hydroxylation sites is 1. The van der Waals surface area contributed by atoms with Crippen molar-refractivity contribution in [2.45, 2.75) is 50.7 Å². The summed E-state index contributed by atoms with van der Waals surface area (Å²) in [5, 5.41) is 3.02. The number of carbonyl (C=O) groups excluding carboxylic acids is 2. The SMILES string of the molecule is COC(=O)C1(C(=O)NC2CCC(Oc3cccc(OC)c3OC)CC2)CC1. The van der Waals surface area contributed by atoms with Crippen LogP contribution < -0.4 is 19.5 Å². The van der Waals surface area contributed by atoms with Crippen molar-refractivity contribution in [2.75, 3.05) is 21.3 Å². The van der Waals surface area contributed by atoms with Gasteiger partial charge in [0.1, 0.15) is 5.41 Å². The van der Waals surface area contributed by atoms with Crippen LogP contribution in [0.1, 0.15) is 38.5 Å². The van der Waals surface area contributed by atoms with Gasteiger partial charge in [-0.3, -0.25) is 9.59 Å². The lowest BCUT2D eigenvalue weighted by Crippen LogP contribution is -2.45. The maximum absolute atomic E-state index is 12.4. The molecule has 2 fully saturated rings. The summed E-state index contributed by atoms with van der Waals surface area (Å²) in [6.45, 7) is 0. The van der Waals surface area contributed by atoms with Gasteiger partial charge in [-0.25, -0.2) is 0 Å². The first-order valence-electron chi connectivity index (χ1n) is 9.31. The van der Waals surface area contributed by atoms with Gasteiger partial charge in [-0.15, -0.1) is 0 Å². The zero-order valence-electron chi connectivity index (χ0n) is 16.1. The van der Waals surface area contributed by atoms with Gasteiger partial charge in [0.05, 0.1) is 27.4 Å². The van der Waals surface area contributed by atoms with Gasteiger partial charge in [0.25, 0.3) is 0 Å². The second-order valence-electron chi connectivity index (χ2n) is 7.13. The van der Waals surface area contributed by atoms with Crippen LogP contribution >= 0.6 is 0 Å². The minimum atomic E-state index is -0.948. The Bertz CT molecular complexity index is 692. The first kappa shape index (κ1) is 19.3. The molecule has 7 nitrogen and oxygen atoms in total. The van der Waals surface area contributed by atoms with Gasteiger partial charge in [-0.2, -0.15) is 0 Å². The molecule has 0 saturated heterocycles. The summed E-state index contributed by atoms with van der Waals surface area (Å²) in [7, 11) is 4.51. The van der Waals surface area contributed by atoms with Crippen molar-refractivity contribution >= 4 is 11.9 Å². The van der Waals surface area contributed by atoms with E-state index in [1.165, 1.54) is 7.11 Å². The van der Waals surface area contributed by atoms with E-state index in [0.29, 0.717) is 30.1 Å². The Kier molecular flexibility index (Phi) is 5.77. The zero-order chi connectivity index (χ0) is 19.4. The molecule has 3 rings (SSSR count). The van der Waals surface area contributed by atoms with Gasteiger partial charge in [-0.05, 0) is 50.7 Å². The Morgan fingerprint density at radius 2 is 1.67 bits per heavy atom. The highest BCUT2D eigenvalue weighted by atomic mass is 16.5. The van der Waals surface area contributed by atoms with E-state index >= 15 is 0 Å². The molecule has 0 heterocycles. The van der Waals surface area contributed by atoms with Crippen LogP contribution in [0.4, 0.5) is 0 Å². The molecule has 2 saturated carbocycles. The number of rotatable bonds is 7. The molecule has 1 amide bonds. The first-order chi connectivity index (χ1) is 13.0. The molecule has 2 aliphatic rings. The first-order valence-corrected chi connectivity index (χ1v) is 9.31. The van der Waals surface area contributed by atoms with Crippen molar-refractivity contribution in [1.29, 1.82) is 0 Å². The largest absolute Gasteiger partial charge is 0.493 e. The Hall–Kier alpha value is -2.44. The predicted molar refractivity (Wildman–Crippen MR) is 98.0 cm³/mol. The molecule has 7 heteroatoms. The van der Waals surface area contributed by atoms with Crippen molar-refractivity contribution in [1.82, 2.24) is 5.32 Å². The third-order valence-corrected chi connectivity index (χ3v) is 5.43. The van der Waals surface area contributed by atoms with Crippen LogP contribution in [0, 0.1) is 5.41 Å². The van der Waals surface area contributed by atoms with E-state index in [0.717, 1.165) is 25.7 Å². The van der Waals surface area contributed by atoms with Crippen LogP contribution in [0.25, 0.3) is 0 Å². The Labute approximate surface area is 159 Å². The number of carbonyl (C=O) groups is 2. The number of methoxy groups -OCH3 is 3. The lowest BCUT2D eigenvalue weighted by molar-refractivity contribution is -0.152. The van der Waals surface area contributed by atoms with Crippen molar-refractivity contribution in [3.8, 4) is 17.2 Å². The number of esters is 1. The normalized spacial score (nSPS) is 23.1. The monoisotopic (exact) mass is 377 g/mol. The summed E-state index contributed by atoms with van der Waals surface area (Å²) in [5.74, 6) is 1.25. The number of benzene rings is 1. The zero-order valence-corrected chi connectivity index (χ0v) is 16.1. The van der Waals surface area contributed by atoms with Gasteiger partial charge in [0.15, 0.2) is 11.5 Å². The third kappa shape index (κ3) is 3.96. The van der Waals surface area contributed by atoms with E-state index in [1.54, 1.807) is 14.2 Å². The highest BCUT2D eigenvalue weighted by molar-refractivity contribution is 6.05. The molecule has 0 aromatic heterocycles. The number of amides is 1. The summed E-state index contributed by atoms with van der Waals surface area (Å²) in [5.41, 5.74) is -0.948. The Balaban J connectivity index is 1.53. The smallest absolute Gasteiger partial charge is 0.321 e. The van der Waals surface area contributed by atoms with Gasteiger partial charge in [0.2, 0.25) is 11.7 Å². The molecule has 0 bridgehead atoms. The van der Waals surface area contributed by atoms with Gasteiger partial charge in [-0.1, -0.05) is 6.07 Å². The molecule has 0 aliphatic heterocycles. The second-order valence-corrected chi connectivity index (χ2v) is 7.13. The quantitative estimate of drug-likeness (QED) is 0.581. The van der Waals surface area contributed by atoms with Crippen LogP contribution in [0.3, 0.4) is 0 Å². The Morgan fingerprint density at radius 3 is 2.22 bits per heavy atom. The molecule has 0 spiro atoms. The van der Waals surface area contributed by atoms with E-state index in [4.69, 9.17) is 18.9 Å². The molecular formula is C20H27NO6. The summed E-state index contributed by atoms with van der Waals surface area (Å²) >= 11 is 0. The molecule has 2 aliphatic carbocycles. The molecule has 0 radical (unpaired) electrons. The molecule has 1 N–H and O–H groups in total. The second kappa shape index (κ2) is 8.06. The maximum Gasteiger partial charge on any atom is 0.321 e. The highest BCUT2D eigenvalue weighted by Gasteiger charge is 2.58. The number of hydrogen-bond acceptors (Lipinski definition) is 6. The summed E-state index contributed by atoms with van der Waals surface area (Å²) in [6, 6.07) is 5.62. The molecule has 1 aromatic rings. The van der Waals surface area contributed by atoms with Gasteiger partial charge >= 0.3 is 5.97 Å². The molecule has 1 aromatic carbocycles. The van der Waals surface area contributed by atoms with E-state index in [9.17, 15) is 9.59 Å². The highest BCUT2D eigenvalue weighted by Crippen LogP contribution is 2.47. The third-order valence-electron chi connectivity index (χ3n) is 5.43. The summed E-state index contributed by atoms with van der Waals surface area (Å²) in [6.07, 6.45) is 4.43. The number of nitrogens with one attached hydrogen (secondary N) is 1. The maximum atomic E-state index is 12.4. The van der Waals surface area contributed by atoms with Crippen molar-refractivity contribution in [3.63, 3.8) is 0 Å². The fraction of sp³-hybridized carbons (Fsp3) is 0.600. The van der Waals surface area contributed by atoms with Crippen LogP contribution in [0.5, 0.6) is 17.2 Å².